The molecule has 0 amide bonds. The van der Waals surface area contributed by atoms with Gasteiger partial charge in [0.15, 0.2) is 0 Å². The molecule has 0 saturated carbocycles. The molecule has 0 bridgehead atoms. The Morgan fingerprint density at radius 2 is 2.11 bits per heavy atom. The quantitative estimate of drug-likeness (QED) is 0.458. The average molecular weight is 205 g/mol. The minimum absolute atomic E-state index is 0.281. The van der Waals surface area contributed by atoms with Crippen LogP contribution < -0.4 is 4.46 Å². The molecule has 0 aliphatic heterocycles. The van der Waals surface area contributed by atoms with Crippen LogP contribution in [0, 0.1) is 0 Å². The first-order valence-corrected chi connectivity index (χ1v) is 3.79. The van der Waals surface area contributed by atoms with E-state index >= 15 is 0 Å². The van der Waals surface area contributed by atoms with Gasteiger partial charge in [0.25, 0.3) is 0 Å². The van der Waals surface area contributed by atoms with Crippen molar-refractivity contribution in [3.8, 4) is 5.75 Å². The fourth-order valence-electron chi connectivity index (χ4n) is 0.512. The molecule has 9 heavy (non-hydrogen) atoms. The molecule has 0 atom stereocenters. The van der Waals surface area contributed by atoms with Crippen molar-refractivity contribution >= 4 is 33.1 Å². The molecule has 0 fully saturated rings. The molecule has 1 aromatic rings. The molecule has 0 aliphatic rings. The standard InChI is InChI=1S/C6H6OSSe/c7-4-1-2-5(8)6(9)3-4/h1-3,7-9H. The topological polar surface area (TPSA) is 20.2 Å². The van der Waals surface area contributed by atoms with Gasteiger partial charge in [-0.15, -0.1) is 0 Å². The summed E-state index contributed by atoms with van der Waals surface area (Å²) in [7, 11) is 0. The van der Waals surface area contributed by atoms with Crippen LogP contribution in [0.2, 0.25) is 0 Å². The molecule has 0 heterocycles. The van der Waals surface area contributed by atoms with Crippen molar-refractivity contribution in [1.29, 1.82) is 0 Å². The van der Waals surface area contributed by atoms with E-state index in [1.165, 1.54) is 0 Å². The van der Waals surface area contributed by atoms with Gasteiger partial charge in [-0.05, 0) is 0 Å². The monoisotopic (exact) mass is 206 g/mol. The van der Waals surface area contributed by atoms with Crippen LogP contribution in [0.4, 0.5) is 0 Å². The molecular weight excluding hydrogens is 199 g/mol. The van der Waals surface area contributed by atoms with Gasteiger partial charge in [0, 0.05) is 0 Å². The molecule has 0 saturated heterocycles. The third kappa shape index (κ3) is 1.65. The Morgan fingerprint density at radius 3 is 2.56 bits per heavy atom. The molecule has 48 valence electrons. The minimum atomic E-state index is 0.281. The number of thiol groups is 1. The van der Waals surface area contributed by atoms with Gasteiger partial charge in [-0.1, -0.05) is 0 Å². The van der Waals surface area contributed by atoms with Crippen LogP contribution in [0.3, 0.4) is 0 Å². The molecule has 3 heteroatoms. The Labute approximate surface area is 67.3 Å². The van der Waals surface area contributed by atoms with Gasteiger partial charge in [0.1, 0.15) is 0 Å². The Balaban J connectivity index is 3.17. The molecule has 0 unspecified atom stereocenters. The van der Waals surface area contributed by atoms with Crippen molar-refractivity contribution in [3.63, 3.8) is 0 Å². The Kier molecular flexibility index (Phi) is 2.06. The number of hydrogen-bond donors (Lipinski definition) is 2. The number of benzene rings is 1. The van der Waals surface area contributed by atoms with Crippen LogP contribution in [0.5, 0.6) is 5.75 Å². The Bertz CT molecular complexity index is 224. The molecule has 1 N–H and O–H groups in total. The zero-order valence-corrected chi connectivity index (χ0v) is 7.34. The van der Waals surface area contributed by atoms with Gasteiger partial charge in [0.2, 0.25) is 0 Å². The van der Waals surface area contributed by atoms with E-state index < -0.39 is 0 Å². The van der Waals surface area contributed by atoms with Crippen LogP contribution in [0.15, 0.2) is 23.1 Å². The van der Waals surface area contributed by atoms with Crippen LogP contribution in [0.25, 0.3) is 0 Å². The summed E-state index contributed by atoms with van der Waals surface area (Å²) in [5.41, 5.74) is 0. The number of rotatable bonds is 0. The van der Waals surface area contributed by atoms with Crippen molar-refractivity contribution in [2.75, 3.05) is 0 Å². The van der Waals surface area contributed by atoms with Crippen LogP contribution in [-0.4, -0.2) is 21.1 Å². The van der Waals surface area contributed by atoms with Crippen molar-refractivity contribution in [1.82, 2.24) is 0 Å². The maximum atomic E-state index is 8.89. The van der Waals surface area contributed by atoms with Gasteiger partial charge >= 0.3 is 67.1 Å². The number of aromatic hydroxyl groups is 1. The average Bonchev–Trinajstić information content (AvgIpc) is 1.80. The fourth-order valence-corrected chi connectivity index (χ4v) is 1.08. The molecule has 1 rings (SSSR count). The first-order chi connectivity index (χ1) is 4.20. The van der Waals surface area contributed by atoms with Crippen molar-refractivity contribution in [3.05, 3.63) is 18.2 Å². The second-order valence-corrected chi connectivity index (χ2v) is 3.17. The van der Waals surface area contributed by atoms with E-state index in [1.807, 2.05) is 0 Å². The van der Waals surface area contributed by atoms with Crippen molar-refractivity contribution in [2.45, 2.75) is 4.90 Å². The van der Waals surface area contributed by atoms with E-state index in [2.05, 4.69) is 28.6 Å². The summed E-state index contributed by atoms with van der Waals surface area (Å²) in [5.74, 6) is 0.281. The van der Waals surface area contributed by atoms with Crippen LogP contribution in [0.1, 0.15) is 0 Å². The molecule has 0 spiro atoms. The second kappa shape index (κ2) is 2.65. The number of hydrogen-bond acceptors (Lipinski definition) is 2. The van der Waals surface area contributed by atoms with E-state index in [0.717, 1.165) is 9.36 Å². The summed E-state index contributed by atoms with van der Waals surface area (Å²) in [6, 6.07) is 5.02. The summed E-state index contributed by atoms with van der Waals surface area (Å²) < 4.78 is 0.936. The van der Waals surface area contributed by atoms with E-state index in [9.17, 15) is 0 Å². The SMILES string of the molecule is Oc1ccc(S)c([SeH])c1. The predicted molar refractivity (Wildman–Crippen MR) is 42.1 cm³/mol. The van der Waals surface area contributed by atoms with Gasteiger partial charge in [-0.25, -0.2) is 0 Å². The predicted octanol–water partition coefficient (Wildman–Crippen LogP) is 0.207. The molecule has 1 aromatic carbocycles. The van der Waals surface area contributed by atoms with Crippen LogP contribution in [-0.2, 0) is 0 Å². The van der Waals surface area contributed by atoms with Gasteiger partial charge in [0.05, 0.1) is 0 Å². The van der Waals surface area contributed by atoms with E-state index in [4.69, 9.17) is 5.11 Å². The molecular formula is C6H6OSSe. The van der Waals surface area contributed by atoms with Crippen molar-refractivity contribution in [2.24, 2.45) is 0 Å². The van der Waals surface area contributed by atoms with E-state index in [0.29, 0.717) is 0 Å². The first-order valence-electron chi connectivity index (χ1n) is 2.41. The summed E-state index contributed by atoms with van der Waals surface area (Å²) in [6.07, 6.45) is 0. The van der Waals surface area contributed by atoms with E-state index in [1.54, 1.807) is 18.2 Å². The van der Waals surface area contributed by atoms with Crippen LogP contribution >= 0.6 is 12.6 Å². The van der Waals surface area contributed by atoms with Gasteiger partial charge in [-0.2, -0.15) is 0 Å². The summed E-state index contributed by atoms with van der Waals surface area (Å²) in [6.45, 7) is 0. The third-order valence-corrected chi connectivity index (χ3v) is 2.51. The van der Waals surface area contributed by atoms with Crippen molar-refractivity contribution < 1.29 is 5.11 Å². The Morgan fingerprint density at radius 1 is 1.44 bits per heavy atom. The first kappa shape index (κ1) is 7.00. The maximum absolute atomic E-state index is 8.89. The number of phenolic OH excluding ortho intramolecular Hbond substituents is 1. The summed E-state index contributed by atoms with van der Waals surface area (Å²) >= 11 is 6.46. The second-order valence-electron chi connectivity index (χ2n) is 1.67. The summed E-state index contributed by atoms with van der Waals surface area (Å²) in [4.78, 5) is 0.882. The Hall–Kier alpha value is -0.111. The fraction of sp³-hybridized carbons (Fsp3) is 0. The molecule has 0 aromatic heterocycles. The molecule has 0 aliphatic carbocycles. The zero-order valence-electron chi connectivity index (χ0n) is 4.57. The normalized spacial score (nSPS) is 9.56. The zero-order chi connectivity index (χ0) is 6.85. The van der Waals surface area contributed by atoms with Gasteiger partial charge < -0.3 is 0 Å². The molecule has 1 nitrogen and oxygen atoms in total. The van der Waals surface area contributed by atoms with Gasteiger partial charge in [-0.3, -0.25) is 0 Å². The van der Waals surface area contributed by atoms with E-state index in [-0.39, 0.29) is 5.75 Å². The molecule has 0 radical (unpaired) electrons. The third-order valence-electron chi connectivity index (χ3n) is 0.959. The number of phenols is 1. The summed E-state index contributed by atoms with van der Waals surface area (Å²) in [5, 5.41) is 8.89.